The first-order valence-corrected chi connectivity index (χ1v) is 8.43. The number of carbonyl (C=O) groups is 3. The second-order valence-corrected chi connectivity index (χ2v) is 6.09. The van der Waals surface area contributed by atoms with Gasteiger partial charge in [-0.25, -0.2) is 5.43 Å². The normalized spacial score (nSPS) is 27.0. The summed E-state index contributed by atoms with van der Waals surface area (Å²) in [6, 6.07) is 1.83. The summed E-state index contributed by atoms with van der Waals surface area (Å²) in [5.74, 6) is -2.45. The maximum Gasteiger partial charge on any atom is 0.303 e. The number of amides is 2. The van der Waals surface area contributed by atoms with Crippen molar-refractivity contribution in [2.24, 2.45) is 0 Å². The number of hydrazine groups is 1. The average Bonchev–Trinajstić information content (AvgIpc) is 2.69. The molecule has 5 atom stereocenters. The van der Waals surface area contributed by atoms with Crippen LogP contribution in [0.25, 0.3) is 0 Å². The number of carboxylic acids is 1. The molecular weight excluding hydrogens is 376 g/mol. The molecule has 0 unspecified atom stereocenters. The van der Waals surface area contributed by atoms with E-state index in [-0.39, 0.29) is 12.0 Å². The lowest BCUT2D eigenvalue weighted by atomic mass is 9.96. The lowest BCUT2D eigenvalue weighted by Crippen LogP contribution is -2.69. The summed E-state index contributed by atoms with van der Waals surface area (Å²) >= 11 is 0. The Labute approximate surface area is 159 Å². The Morgan fingerprint density at radius 2 is 1.93 bits per heavy atom. The van der Waals surface area contributed by atoms with E-state index in [9.17, 15) is 29.7 Å². The Bertz CT molecular complexity index is 688. The third-order valence-corrected chi connectivity index (χ3v) is 4.07. The topological polar surface area (TPSA) is 190 Å². The van der Waals surface area contributed by atoms with E-state index in [1.165, 1.54) is 18.5 Å². The summed E-state index contributed by atoms with van der Waals surface area (Å²) in [6.07, 6.45) is -3.42. The predicted octanol–water partition coefficient (Wildman–Crippen LogP) is -2.90. The van der Waals surface area contributed by atoms with Crippen molar-refractivity contribution in [1.82, 2.24) is 21.2 Å². The van der Waals surface area contributed by atoms with Gasteiger partial charge in [-0.1, -0.05) is 0 Å². The zero-order valence-electron chi connectivity index (χ0n) is 14.7. The highest BCUT2D eigenvalue weighted by Gasteiger charge is 2.45. The first kappa shape index (κ1) is 21.7. The molecule has 28 heavy (non-hydrogen) atoms. The van der Waals surface area contributed by atoms with E-state index in [1.807, 2.05) is 0 Å². The number of nitrogens with zero attached hydrogens (tertiary/aromatic N) is 1. The van der Waals surface area contributed by atoms with Crippen LogP contribution in [-0.2, 0) is 14.3 Å². The molecule has 2 heterocycles. The van der Waals surface area contributed by atoms with E-state index in [1.54, 1.807) is 6.07 Å². The van der Waals surface area contributed by atoms with Gasteiger partial charge in [-0.15, -0.1) is 0 Å². The van der Waals surface area contributed by atoms with E-state index in [4.69, 9.17) is 9.84 Å². The molecule has 2 rings (SSSR count). The van der Waals surface area contributed by atoms with E-state index in [0.29, 0.717) is 0 Å². The van der Waals surface area contributed by atoms with Gasteiger partial charge in [0, 0.05) is 18.8 Å². The predicted molar refractivity (Wildman–Crippen MR) is 91.4 cm³/mol. The first-order valence-electron chi connectivity index (χ1n) is 8.43. The van der Waals surface area contributed by atoms with Crippen molar-refractivity contribution < 1.29 is 39.5 Å². The summed E-state index contributed by atoms with van der Waals surface area (Å²) < 4.78 is 5.41. The Morgan fingerprint density at radius 3 is 2.54 bits per heavy atom. The highest BCUT2D eigenvalue weighted by molar-refractivity contribution is 5.93. The molecule has 12 nitrogen and oxygen atoms in total. The van der Waals surface area contributed by atoms with Gasteiger partial charge in [-0.2, -0.15) is 0 Å². The summed E-state index contributed by atoms with van der Waals surface area (Å²) in [7, 11) is 0. The Kier molecular flexibility index (Phi) is 7.78. The van der Waals surface area contributed by atoms with Crippen molar-refractivity contribution in [2.75, 3.05) is 6.61 Å². The van der Waals surface area contributed by atoms with Crippen LogP contribution in [0.2, 0.25) is 0 Å². The van der Waals surface area contributed by atoms with Crippen LogP contribution >= 0.6 is 0 Å². The summed E-state index contributed by atoms with van der Waals surface area (Å²) in [4.78, 5) is 38.4. The van der Waals surface area contributed by atoms with Gasteiger partial charge in [0.15, 0.2) is 0 Å². The molecule has 0 saturated carbocycles. The molecule has 1 aliphatic rings. The van der Waals surface area contributed by atoms with Crippen LogP contribution in [0.1, 0.15) is 23.2 Å². The molecule has 1 aromatic heterocycles. The molecule has 0 radical (unpaired) electrons. The quantitative estimate of drug-likeness (QED) is 0.224. The van der Waals surface area contributed by atoms with Gasteiger partial charge < -0.3 is 30.5 Å². The summed E-state index contributed by atoms with van der Waals surface area (Å²) in [5, 5.41) is 40.6. The second kappa shape index (κ2) is 10.1. The number of nitrogens with one attached hydrogen (secondary N) is 3. The number of ether oxygens (including phenoxy) is 1. The lowest BCUT2D eigenvalue weighted by molar-refractivity contribution is -0.204. The minimum absolute atomic E-state index is 0.229. The number of aromatic nitrogens is 1. The van der Waals surface area contributed by atoms with Crippen LogP contribution in [0.5, 0.6) is 0 Å². The average molecular weight is 398 g/mol. The second-order valence-electron chi connectivity index (χ2n) is 6.09. The highest BCUT2D eigenvalue weighted by Crippen LogP contribution is 2.20. The number of carbonyl (C=O) groups excluding carboxylic acids is 2. The van der Waals surface area contributed by atoms with Gasteiger partial charge in [-0.05, 0) is 12.1 Å². The maximum atomic E-state index is 12.1. The molecular formula is C16H22N4O8. The third kappa shape index (κ3) is 5.68. The van der Waals surface area contributed by atoms with E-state index >= 15 is 0 Å². The number of hydrogen-bond donors (Lipinski definition) is 7. The van der Waals surface area contributed by atoms with E-state index in [0.717, 1.165) is 0 Å². The first-order chi connectivity index (χ1) is 13.3. The standard InChI is InChI=1S/C16H22N4O8/c21-7-9-13(25)14(26)12(18-10(22)3-4-11(23)24)16(28-9)20-19-15(27)8-2-1-5-17-6-8/h1-2,5-6,9,12-14,16,20-21,25-26H,3-4,7H2,(H,18,22)(H,19,27)(H,23,24)/t9-,12-,13+,14-,16-/m0/s1. The van der Waals surface area contributed by atoms with Crippen LogP contribution in [0, 0.1) is 0 Å². The summed E-state index contributed by atoms with van der Waals surface area (Å²) in [5.41, 5.74) is 5.05. The van der Waals surface area contributed by atoms with Crippen LogP contribution in [0.4, 0.5) is 0 Å². The Hall–Kier alpha value is -2.64. The zero-order chi connectivity index (χ0) is 20.7. The number of carboxylic acid groups (broad SMARTS) is 1. The van der Waals surface area contributed by atoms with Gasteiger partial charge in [-0.3, -0.25) is 24.8 Å². The fourth-order valence-corrected chi connectivity index (χ4v) is 2.59. The molecule has 7 N–H and O–H groups in total. The van der Waals surface area contributed by atoms with Crippen molar-refractivity contribution in [3.8, 4) is 0 Å². The van der Waals surface area contributed by atoms with Crippen molar-refractivity contribution in [3.05, 3.63) is 30.1 Å². The smallest absolute Gasteiger partial charge is 0.303 e. The molecule has 1 aliphatic heterocycles. The van der Waals surface area contributed by atoms with Gasteiger partial charge in [0.25, 0.3) is 5.91 Å². The maximum absolute atomic E-state index is 12.1. The fourth-order valence-electron chi connectivity index (χ4n) is 2.59. The SMILES string of the molecule is O=C(O)CCC(=O)N[C@H]1[C@H](O)[C@H](O)[C@H](CO)O[C@@H]1NNC(=O)c1cccnc1. The van der Waals surface area contributed by atoms with E-state index in [2.05, 4.69) is 21.2 Å². The van der Waals surface area contributed by atoms with Crippen LogP contribution in [-0.4, -0.2) is 80.4 Å². The minimum Gasteiger partial charge on any atom is -0.481 e. The molecule has 0 spiro atoms. The highest BCUT2D eigenvalue weighted by atomic mass is 16.5. The van der Waals surface area contributed by atoms with Crippen LogP contribution in [0.3, 0.4) is 0 Å². The number of rotatable bonds is 8. The molecule has 0 bridgehead atoms. The van der Waals surface area contributed by atoms with Gasteiger partial charge in [0.05, 0.1) is 24.6 Å². The van der Waals surface area contributed by atoms with Crippen molar-refractivity contribution in [1.29, 1.82) is 0 Å². The van der Waals surface area contributed by atoms with Gasteiger partial charge >= 0.3 is 5.97 Å². The number of aliphatic carboxylic acids is 1. The lowest BCUT2D eigenvalue weighted by Gasteiger charge is -2.42. The van der Waals surface area contributed by atoms with Gasteiger partial charge in [0.1, 0.15) is 24.5 Å². The number of hydrogen-bond acceptors (Lipinski definition) is 9. The van der Waals surface area contributed by atoms with Crippen LogP contribution < -0.4 is 16.2 Å². The largest absolute Gasteiger partial charge is 0.481 e. The molecule has 1 aromatic rings. The fraction of sp³-hybridized carbons (Fsp3) is 0.500. The molecule has 1 saturated heterocycles. The third-order valence-electron chi connectivity index (χ3n) is 4.07. The Balaban J connectivity index is 2.05. The van der Waals surface area contributed by atoms with Crippen molar-refractivity contribution in [2.45, 2.75) is 43.4 Å². The van der Waals surface area contributed by atoms with Crippen LogP contribution in [0.15, 0.2) is 24.5 Å². The zero-order valence-corrected chi connectivity index (χ0v) is 14.7. The monoisotopic (exact) mass is 398 g/mol. The number of aliphatic hydroxyl groups is 3. The minimum atomic E-state index is -1.55. The van der Waals surface area contributed by atoms with Gasteiger partial charge in [0.2, 0.25) is 5.91 Å². The molecule has 12 heteroatoms. The Morgan fingerprint density at radius 1 is 1.18 bits per heavy atom. The molecule has 0 aromatic carbocycles. The molecule has 2 amide bonds. The van der Waals surface area contributed by atoms with Crippen molar-refractivity contribution >= 4 is 17.8 Å². The molecule has 154 valence electrons. The summed E-state index contributed by atoms with van der Waals surface area (Å²) in [6.45, 7) is -0.618. The molecule has 0 aliphatic carbocycles. The molecule has 1 fully saturated rings. The van der Waals surface area contributed by atoms with Crippen molar-refractivity contribution in [3.63, 3.8) is 0 Å². The number of pyridine rings is 1. The van der Waals surface area contributed by atoms with E-state index < -0.39 is 61.4 Å². The number of aliphatic hydroxyl groups excluding tert-OH is 3.